The molecule has 1 aromatic rings. The van der Waals surface area contributed by atoms with E-state index in [2.05, 4.69) is 5.32 Å². The number of carbonyl (C=O) groups excluding carboxylic acids is 2. The number of hydrogen-bond acceptors (Lipinski definition) is 3. The minimum Gasteiger partial charge on any atom is -0.314 e. The fourth-order valence-corrected chi connectivity index (χ4v) is 3.32. The summed E-state index contributed by atoms with van der Waals surface area (Å²) in [5.41, 5.74) is 0.953. The van der Waals surface area contributed by atoms with Gasteiger partial charge in [0.05, 0.1) is 5.92 Å². The minimum absolute atomic E-state index is 0.0235. The molecule has 0 saturated carbocycles. The molecule has 0 aliphatic carbocycles. The van der Waals surface area contributed by atoms with Gasteiger partial charge < -0.3 is 5.32 Å². The Morgan fingerprint density at radius 2 is 1.95 bits per heavy atom. The van der Waals surface area contributed by atoms with Crippen LogP contribution in [0, 0.1) is 0 Å². The van der Waals surface area contributed by atoms with Crippen LogP contribution in [0.1, 0.15) is 43.6 Å². The van der Waals surface area contributed by atoms with Crippen LogP contribution >= 0.6 is 0 Å². The number of hydrogen-bond donors (Lipinski definition) is 1. The molecule has 3 rings (SSSR count). The number of likely N-dealkylation sites (tertiary alicyclic amines) is 1. The molecule has 1 N–H and O–H groups in total. The number of rotatable bonds is 4. The maximum atomic E-state index is 12.5. The Morgan fingerprint density at radius 3 is 2.67 bits per heavy atom. The smallest absolute Gasteiger partial charge is 0.237 e. The summed E-state index contributed by atoms with van der Waals surface area (Å²) >= 11 is 0. The van der Waals surface area contributed by atoms with Crippen LogP contribution in [0.3, 0.4) is 0 Å². The van der Waals surface area contributed by atoms with Gasteiger partial charge in [-0.05, 0) is 31.4 Å². The van der Waals surface area contributed by atoms with E-state index in [4.69, 9.17) is 0 Å². The second-order valence-electron chi connectivity index (χ2n) is 5.99. The Hall–Kier alpha value is -1.68. The van der Waals surface area contributed by atoms with E-state index in [9.17, 15) is 9.59 Å². The monoisotopic (exact) mass is 286 g/mol. The number of piperidine rings is 1. The SMILES string of the molecule is O=C1CC(c2ccccc2)C(=O)N1CCC1CCCCN1. The van der Waals surface area contributed by atoms with E-state index in [1.807, 2.05) is 30.3 Å². The average molecular weight is 286 g/mol. The van der Waals surface area contributed by atoms with Crippen LogP contribution in [0.25, 0.3) is 0 Å². The predicted octanol–water partition coefficient (Wildman–Crippen LogP) is 2.06. The van der Waals surface area contributed by atoms with E-state index < -0.39 is 0 Å². The molecule has 4 nitrogen and oxygen atoms in total. The number of nitrogens with one attached hydrogen (secondary N) is 1. The molecule has 21 heavy (non-hydrogen) atoms. The van der Waals surface area contributed by atoms with Gasteiger partial charge in [0.1, 0.15) is 0 Å². The van der Waals surface area contributed by atoms with E-state index in [0.717, 1.165) is 24.9 Å². The third-order valence-electron chi connectivity index (χ3n) is 4.56. The molecule has 2 aliphatic rings. The van der Waals surface area contributed by atoms with E-state index in [1.165, 1.54) is 17.7 Å². The van der Waals surface area contributed by atoms with Crippen molar-refractivity contribution in [3.05, 3.63) is 35.9 Å². The molecule has 2 fully saturated rings. The van der Waals surface area contributed by atoms with Crippen molar-refractivity contribution in [3.8, 4) is 0 Å². The normalized spacial score (nSPS) is 26.4. The molecule has 1 aromatic carbocycles. The minimum atomic E-state index is -0.280. The second-order valence-corrected chi connectivity index (χ2v) is 5.99. The highest BCUT2D eigenvalue weighted by atomic mass is 16.2. The van der Waals surface area contributed by atoms with Crippen molar-refractivity contribution in [2.75, 3.05) is 13.1 Å². The lowest BCUT2D eigenvalue weighted by molar-refractivity contribution is -0.138. The van der Waals surface area contributed by atoms with Gasteiger partial charge in [0.2, 0.25) is 11.8 Å². The lowest BCUT2D eigenvalue weighted by Gasteiger charge is -2.25. The number of nitrogens with zero attached hydrogens (tertiary/aromatic N) is 1. The van der Waals surface area contributed by atoms with E-state index >= 15 is 0 Å². The van der Waals surface area contributed by atoms with Crippen LogP contribution in [-0.4, -0.2) is 35.8 Å². The first-order valence-corrected chi connectivity index (χ1v) is 7.88. The molecule has 2 saturated heterocycles. The predicted molar refractivity (Wildman–Crippen MR) is 80.8 cm³/mol. The van der Waals surface area contributed by atoms with E-state index in [1.54, 1.807) is 0 Å². The summed E-state index contributed by atoms with van der Waals surface area (Å²) in [5, 5.41) is 3.47. The molecule has 0 aromatic heterocycles. The average Bonchev–Trinajstić information content (AvgIpc) is 2.82. The van der Waals surface area contributed by atoms with Gasteiger partial charge in [-0.2, -0.15) is 0 Å². The van der Waals surface area contributed by atoms with Gasteiger partial charge in [0.15, 0.2) is 0 Å². The Kier molecular flexibility index (Phi) is 4.34. The summed E-state index contributed by atoms with van der Waals surface area (Å²) in [7, 11) is 0. The molecule has 2 unspecified atom stereocenters. The van der Waals surface area contributed by atoms with Crippen LogP contribution in [-0.2, 0) is 9.59 Å². The number of amides is 2. The van der Waals surface area contributed by atoms with Crippen molar-refractivity contribution in [2.24, 2.45) is 0 Å². The first-order chi connectivity index (χ1) is 10.3. The molecule has 2 heterocycles. The van der Waals surface area contributed by atoms with E-state index in [-0.39, 0.29) is 17.7 Å². The zero-order valence-electron chi connectivity index (χ0n) is 12.3. The van der Waals surface area contributed by atoms with Gasteiger partial charge in [0.25, 0.3) is 0 Å². The number of imide groups is 1. The number of carbonyl (C=O) groups is 2. The fraction of sp³-hybridized carbons (Fsp3) is 0.529. The maximum Gasteiger partial charge on any atom is 0.237 e. The van der Waals surface area contributed by atoms with Crippen molar-refractivity contribution in [1.29, 1.82) is 0 Å². The lowest BCUT2D eigenvalue weighted by Crippen LogP contribution is -2.39. The Bertz CT molecular complexity index is 509. The van der Waals surface area contributed by atoms with Gasteiger partial charge in [-0.3, -0.25) is 14.5 Å². The molecule has 112 valence electrons. The van der Waals surface area contributed by atoms with Crippen molar-refractivity contribution >= 4 is 11.8 Å². The van der Waals surface area contributed by atoms with Crippen LogP contribution in [0.4, 0.5) is 0 Å². The zero-order valence-corrected chi connectivity index (χ0v) is 12.3. The van der Waals surface area contributed by atoms with Gasteiger partial charge in [-0.1, -0.05) is 36.8 Å². The highest BCUT2D eigenvalue weighted by molar-refractivity contribution is 6.06. The van der Waals surface area contributed by atoms with Crippen molar-refractivity contribution < 1.29 is 9.59 Å². The van der Waals surface area contributed by atoms with Gasteiger partial charge >= 0.3 is 0 Å². The van der Waals surface area contributed by atoms with Crippen LogP contribution in [0.5, 0.6) is 0 Å². The fourth-order valence-electron chi connectivity index (χ4n) is 3.32. The van der Waals surface area contributed by atoms with Gasteiger partial charge in [0, 0.05) is 19.0 Å². The molecule has 4 heteroatoms. The molecule has 0 spiro atoms. The summed E-state index contributed by atoms with van der Waals surface area (Å²) < 4.78 is 0. The molecule has 0 bridgehead atoms. The lowest BCUT2D eigenvalue weighted by atomic mass is 9.98. The zero-order chi connectivity index (χ0) is 14.7. The van der Waals surface area contributed by atoms with Crippen molar-refractivity contribution in [2.45, 2.75) is 44.1 Å². The first-order valence-electron chi connectivity index (χ1n) is 7.88. The Morgan fingerprint density at radius 1 is 1.14 bits per heavy atom. The van der Waals surface area contributed by atoms with Crippen LogP contribution in [0.2, 0.25) is 0 Å². The summed E-state index contributed by atoms with van der Waals surface area (Å²) in [6.45, 7) is 1.61. The quantitative estimate of drug-likeness (QED) is 0.862. The van der Waals surface area contributed by atoms with Gasteiger partial charge in [-0.15, -0.1) is 0 Å². The molecule has 2 atom stereocenters. The molecule has 2 amide bonds. The largest absolute Gasteiger partial charge is 0.314 e. The summed E-state index contributed by atoms with van der Waals surface area (Å²) in [5.74, 6) is -0.329. The Labute approximate surface area is 125 Å². The van der Waals surface area contributed by atoms with Crippen molar-refractivity contribution in [3.63, 3.8) is 0 Å². The molecular weight excluding hydrogens is 264 g/mol. The third kappa shape index (κ3) is 3.16. The standard InChI is InChI=1S/C17H22N2O2/c20-16-12-15(13-6-2-1-3-7-13)17(21)19(16)11-9-14-8-4-5-10-18-14/h1-3,6-7,14-15,18H,4-5,8-12H2. The third-order valence-corrected chi connectivity index (χ3v) is 4.56. The summed E-state index contributed by atoms with van der Waals surface area (Å²) in [6, 6.07) is 10.1. The van der Waals surface area contributed by atoms with Crippen LogP contribution in [0.15, 0.2) is 30.3 Å². The first kappa shape index (κ1) is 14.3. The summed E-state index contributed by atoms with van der Waals surface area (Å²) in [4.78, 5) is 26.1. The second kappa shape index (κ2) is 6.39. The summed E-state index contributed by atoms with van der Waals surface area (Å²) in [6.07, 6.45) is 4.82. The van der Waals surface area contributed by atoms with Crippen LogP contribution < -0.4 is 5.32 Å². The maximum absolute atomic E-state index is 12.5. The van der Waals surface area contributed by atoms with E-state index in [0.29, 0.717) is 19.0 Å². The Balaban J connectivity index is 1.61. The highest BCUT2D eigenvalue weighted by Crippen LogP contribution is 2.29. The van der Waals surface area contributed by atoms with Crippen molar-refractivity contribution in [1.82, 2.24) is 10.2 Å². The molecule has 2 aliphatic heterocycles. The van der Waals surface area contributed by atoms with Gasteiger partial charge in [-0.25, -0.2) is 0 Å². The topological polar surface area (TPSA) is 49.4 Å². The highest BCUT2D eigenvalue weighted by Gasteiger charge is 2.39. The molecular formula is C17H22N2O2. The number of benzene rings is 1. The molecule has 0 radical (unpaired) electrons.